The Morgan fingerprint density at radius 2 is 1.66 bits per heavy atom. The molecule has 3 aromatic carbocycles. The summed E-state index contributed by atoms with van der Waals surface area (Å²) in [7, 11) is 0. The highest BCUT2D eigenvalue weighted by Gasteiger charge is 2.28. The van der Waals surface area contributed by atoms with E-state index in [0.717, 1.165) is 5.56 Å². The number of esters is 1. The molecule has 1 aliphatic carbocycles. The summed E-state index contributed by atoms with van der Waals surface area (Å²) in [6.07, 6.45) is 0.344. The number of aliphatic carboxylic acids is 1. The number of ether oxygens (including phenoxy) is 2. The number of carbonyl (C=O) groups excluding carboxylic acids is 1. The fraction of sp³-hybridized carbons (Fsp3) is 0.310. The Bertz CT molecular complexity index is 1270. The third-order valence-electron chi connectivity index (χ3n) is 6.22. The molecule has 1 unspecified atom stereocenters. The molecule has 3 N–H and O–H groups in total. The first kappa shape index (κ1) is 28.3. The molecule has 0 spiro atoms. The normalized spacial score (nSPS) is 12.4. The number of nitro benzene ring substituents is 1. The van der Waals surface area contributed by atoms with Crippen LogP contribution in [0.1, 0.15) is 60.9 Å². The standard InChI is InChI=1S/C16H14O2.C13H18N2O5/c1-11(17)18-10-16-14-8-4-2-6-12(14)13-7-3-5-9-15(13)16;1-8-6-10(9(2)14)11(15(18)19)7-12(8)20-5-3-4-13(16)17/h2-9,16H,10H2,1H3;6-7,9H,3-5,14H2,1-2H3,(H,16,17). The lowest BCUT2D eigenvalue weighted by atomic mass is 9.98. The molecule has 4 rings (SSSR count). The molecule has 0 amide bonds. The minimum Gasteiger partial charge on any atom is -0.493 e. The minimum absolute atomic E-state index is 0.000934. The maximum absolute atomic E-state index is 11.0. The molecule has 3 aromatic rings. The van der Waals surface area contributed by atoms with E-state index in [-0.39, 0.29) is 30.6 Å². The van der Waals surface area contributed by atoms with Gasteiger partial charge >= 0.3 is 11.9 Å². The average Bonchev–Trinajstić information content (AvgIpc) is 3.19. The van der Waals surface area contributed by atoms with Crippen LogP contribution < -0.4 is 10.5 Å². The van der Waals surface area contributed by atoms with Crippen molar-refractivity contribution in [2.24, 2.45) is 5.73 Å². The summed E-state index contributed by atoms with van der Waals surface area (Å²) in [5.41, 5.74) is 11.8. The predicted octanol–water partition coefficient (Wildman–Crippen LogP) is 5.53. The zero-order valence-electron chi connectivity index (χ0n) is 21.7. The molecule has 1 atom stereocenters. The molecule has 0 aromatic heterocycles. The molecule has 0 bridgehead atoms. The fourth-order valence-electron chi connectivity index (χ4n) is 4.42. The number of nitrogens with two attached hydrogens (primary N) is 1. The van der Waals surface area contributed by atoms with Gasteiger partial charge in [0, 0.05) is 30.9 Å². The van der Waals surface area contributed by atoms with Gasteiger partial charge in [0.25, 0.3) is 5.69 Å². The first-order valence-corrected chi connectivity index (χ1v) is 12.3. The van der Waals surface area contributed by atoms with Gasteiger partial charge in [0.15, 0.2) is 0 Å². The van der Waals surface area contributed by atoms with Gasteiger partial charge in [-0.15, -0.1) is 0 Å². The largest absolute Gasteiger partial charge is 0.493 e. The van der Waals surface area contributed by atoms with Crippen LogP contribution in [0, 0.1) is 17.0 Å². The van der Waals surface area contributed by atoms with Crippen LogP contribution in [0.15, 0.2) is 60.7 Å². The van der Waals surface area contributed by atoms with E-state index in [1.165, 1.54) is 35.2 Å². The van der Waals surface area contributed by atoms with E-state index >= 15 is 0 Å². The van der Waals surface area contributed by atoms with Crippen molar-refractivity contribution < 1.29 is 29.1 Å². The monoisotopic (exact) mass is 520 g/mol. The number of hydrogen-bond donors (Lipinski definition) is 2. The fourth-order valence-corrected chi connectivity index (χ4v) is 4.42. The van der Waals surface area contributed by atoms with E-state index in [9.17, 15) is 19.7 Å². The van der Waals surface area contributed by atoms with Crippen molar-refractivity contribution in [3.05, 3.63) is 93.0 Å². The Balaban J connectivity index is 0.000000211. The van der Waals surface area contributed by atoms with Crippen LogP contribution in [-0.2, 0) is 14.3 Å². The van der Waals surface area contributed by atoms with E-state index < -0.39 is 16.9 Å². The van der Waals surface area contributed by atoms with Crippen LogP contribution in [0.3, 0.4) is 0 Å². The number of carboxylic acid groups (broad SMARTS) is 1. The number of benzene rings is 3. The summed E-state index contributed by atoms with van der Waals surface area (Å²) in [5.74, 6) is -0.576. The third-order valence-corrected chi connectivity index (χ3v) is 6.22. The van der Waals surface area contributed by atoms with Gasteiger partial charge in [-0.2, -0.15) is 0 Å². The smallest absolute Gasteiger partial charge is 0.303 e. The zero-order valence-corrected chi connectivity index (χ0v) is 21.7. The molecular formula is C29H32N2O7. The van der Waals surface area contributed by atoms with Crippen LogP contribution >= 0.6 is 0 Å². The van der Waals surface area contributed by atoms with Crippen molar-refractivity contribution in [1.29, 1.82) is 0 Å². The number of hydrogen-bond acceptors (Lipinski definition) is 7. The van der Waals surface area contributed by atoms with Gasteiger partial charge in [-0.25, -0.2) is 0 Å². The predicted molar refractivity (Wildman–Crippen MR) is 143 cm³/mol. The maximum atomic E-state index is 11.0. The molecule has 1 aliphatic rings. The van der Waals surface area contributed by atoms with Crippen molar-refractivity contribution in [2.75, 3.05) is 13.2 Å². The molecular weight excluding hydrogens is 488 g/mol. The Morgan fingerprint density at radius 3 is 2.16 bits per heavy atom. The van der Waals surface area contributed by atoms with Gasteiger partial charge in [-0.3, -0.25) is 19.7 Å². The summed E-state index contributed by atoms with van der Waals surface area (Å²) in [6, 6.07) is 19.2. The van der Waals surface area contributed by atoms with E-state index in [0.29, 0.717) is 24.3 Å². The van der Waals surface area contributed by atoms with Crippen molar-refractivity contribution in [3.8, 4) is 16.9 Å². The minimum atomic E-state index is -0.899. The summed E-state index contributed by atoms with van der Waals surface area (Å²) in [6.45, 7) is 5.51. The SMILES string of the molecule is CC(=O)OCC1c2ccccc2-c2ccccc21.Cc1cc(C(C)N)c([N+](=O)[O-])cc1OCCCC(=O)O. The molecule has 0 fully saturated rings. The molecule has 0 saturated heterocycles. The Labute approximate surface area is 221 Å². The van der Waals surface area contributed by atoms with Crippen LogP contribution in [0.5, 0.6) is 5.75 Å². The molecule has 38 heavy (non-hydrogen) atoms. The highest BCUT2D eigenvalue weighted by Crippen LogP contribution is 2.44. The zero-order chi connectivity index (χ0) is 27.8. The number of aryl methyl sites for hydroxylation is 1. The van der Waals surface area contributed by atoms with Crippen molar-refractivity contribution in [3.63, 3.8) is 0 Å². The number of rotatable bonds is 9. The number of fused-ring (bicyclic) bond motifs is 3. The van der Waals surface area contributed by atoms with Crippen molar-refractivity contribution in [1.82, 2.24) is 0 Å². The number of nitrogens with zero attached hydrogens (tertiary/aromatic N) is 1. The lowest BCUT2D eigenvalue weighted by Gasteiger charge is -2.13. The van der Waals surface area contributed by atoms with Crippen LogP contribution in [0.4, 0.5) is 5.69 Å². The van der Waals surface area contributed by atoms with E-state index in [4.69, 9.17) is 20.3 Å². The first-order valence-electron chi connectivity index (χ1n) is 12.3. The van der Waals surface area contributed by atoms with Gasteiger partial charge in [-0.05, 0) is 54.2 Å². The second-order valence-corrected chi connectivity index (χ2v) is 9.10. The van der Waals surface area contributed by atoms with E-state index in [1.54, 1.807) is 19.9 Å². The molecule has 200 valence electrons. The molecule has 0 radical (unpaired) electrons. The van der Waals surface area contributed by atoms with Gasteiger partial charge < -0.3 is 20.3 Å². The van der Waals surface area contributed by atoms with Gasteiger partial charge in [0.2, 0.25) is 0 Å². The summed E-state index contributed by atoms with van der Waals surface area (Å²) in [5, 5.41) is 19.5. The highest BCUT2D eigenvalue weighted by molar-refractivity contribution is 5.79. The van der Waals surface area contributed by atoms with E-state index in [1.807, 2.05) is 24.3 Å². The van der Waals surface area contributed by atoms with Crippen LogP contribution in [0.25, 0.3) is 11.1 Å². The molecule has 0 saturated carbocycles. The summed E-state index contributed by atoms with van der Waals surface area (Å²) >= 11 is 0. The Morgan fingerprint density at radius 1 is 1.08 bits per heavy atom. The second-order valence-electron chi connectivity index (χ2n) is 9.10. The number of nitro groups is 1. The van der Waals surface area contributed by atoms with Crippen LogP contribution in [0.2, 0.25) is 0 Å². The third kappa shape index (κ3) is 6.95. The van der Waals surface area contributed by atoms with Gasteiger partial charge in [0.05, 0.1) is 17.6 Å². The van der Waals surface area contributed by atoms with Gasteiger partial charge in [-0.1, -0.05) is 48.5 Å². The quantitative estimate of drug-likeness (QED) is 0.162. The number of carbonyl (C=O) groups is 2. The maximum Gasteiger partial charge on any atom is 0.303 e. The van der Waals surface area contributed by atoms with Gasteiger partial charge in [0.1, 0.15) is 12.4 Å². The topological polar surface area (TPSA) is 142 Å². The van der Waals surface area contributed by atoms with Crippen LogP contribution in [-0.4, -0.2) is 35.2 Å². The van der Waals surface area contributed by atoms with Crippen molar-refractivity contribution >= 4 is 17.6 Å². The molecule has 9 nitrogen and oxygen atoms in total. The van der Waals surface area contributed by atoms with E-state index in [2.05, 4.69) is 24.3 Å². The number of carboxylic acids is 1. The second kappa shape index (κ2) is 12.8. The van der Waals surface area contributed by atoms with Crippen molar-refractivity contribution in [2.45, 2.75) is 45.6 Å². The lowest BCUT2D eigenvalue weighted by molar-refractivity contribution is -0.385. The highest BCUT2D eigenvalue weighted by atomic mass is 16.6. The molecule has 0 heterocycles. The summed E-state index contributed by atoms with van der Waals surface area (Å²) in [4.78, 5) is 31.9. The molecule has 0 aliphatic heterocycles. The summed E-state index contributed by atoms with van der Waals surface area (Å²) < 4.78 is 10.6. The lowest BCUT2D eigenvalue weighted by Crippen LogP contribution is -2.10. The average molecular weight is 521 g/mol. The first-order chi connectivity index (χ1) is 18.1. The Hall–Kier alpha value is -4.24. The Kier molecular flexibility index (Phi) is 9.56. The molecule has 9 heteroatoms.